The van der Waals surface area contributed by atoms with Gasteiger partial charge in [0, 0.05) is 6.04 Å². The predicted molar refractivity (Wildman–Crippen MR) is 56.5 cm³/mol. The summed E-state index contributed by atoms with van der Waals surface area (Å²) < 4.78 is 0. The van der Waals surface area contributed by atoms with Gasteiger partial charge in [-0.05, 0) is 26.7 Å². The molecule has 0 saturated carbocycles. The van der Waals surface area contributed by atoms with Crippen LogP contribution in [0.3, 0.4) is 0 Å². The zero-order valence-electron chi connectivity index (χ0n) is 9.55. The summed E-state index contributed by atoms with van der Waals surface area (Å²) in [5.41, 5.74) is 4.85. The van der Waals surface area contributed by atoms with Gasteiger partial charge in [-0.3, -0.25) is 10.2 Å². The Morgan fingerprint density at radius 1 is 1.36 bits per heavy atom. The molecule has 3 N–H and O–H groups in total. The Morgan fingerprint density at radius 2 is 1.86 bits per heavy atom. The van der Waals surface area contributed by atoms with E-state index in [4.69, 9.17) is 5.11 Å². The lowest BCUT2D eigenvalue weighted by molar-refractivity contribution is -0.132. The van der Waals surface area contributed by atoms with Crippen LogP contribution in [-0.2, 0) is 4.79 Å². The topological polar surface area (TPSA) is 61.4 Å². The Balaban J connectivity index is 3.95. The van der Waals surface area contributed by atoms with E-state index < -0.39 is 5.41 Å². The summed E-state index contributed by atoms with van der Waals surface area (Å²) >= 11 is 0. The standard InChI is InChI=1S/C10H22N2O2/c1-5-8(6-2)11-12-9(14)10(3,4)7-13/h8,11,13H,5-7H2,1-4H3,(H,12,14). The van der Waals surface area contributed by atoms with Crippen molar-refractivity contribution in [3.05, 3.63) is 0 Å². The molecular weight excluding hydrogens is 180 g/mol. The molecule has 0 fully saturated rings. The summed E-state index contributed by atoms with van der Waals surface area (Å²) in [5.74, 6) is -0.174. The average molecular weight is 202 g/mol. The quantitative estimate of drug-likeness (QED) is 0.559. The summed E-state index contributed by atoms with van der Waals surface area (Å²) in [6, 6.07) is 0.299. The summed E-state index contributed by atoms with van der Waals surface area (Å²) in [6.07, 6.45) is 1.94. The van der Waals surface area contributed by atoms with Crippen LogP contribution in [0.25, 0.3) is 0 Å². The number of hydrogen-bond acceptors (Lipinski definition) is 3. The van der Waals surface area contributed by atoms with Crippen LogP contribution < -0.4 is 10.9 Å². The zero-order chi connectivity index (χ0) is 11.2. The molecule has 0 aliphatic heterocycles. The van der Waals surface area contributed by atoms with Gasteiger partial charge in [-0.25, -0.2) is 5.43 Å². The molecule has 0 atom stereocenters. The van der Waals surface area contributed by atoms with Crippen LogP contribution in [0.5, 0.6) is 0 Å². The molecule has 0 unspecified atom stereocenters. The van der Waals surface area contributed by atoms with Gasteiger partial charge in [0.1, 0.15) is 0 Å². The highest BCUT2D eigenvalue weighted by Gasteiger charge is 2.26. The SMILES string of the molecule is CCC(CC)NNC(=O)C(C)(C)CO. The smallest absolute Gasteiger partial charge is 0.242 e. The molecule has 0 aromatic carbocycles. The van der Waals surface area contributed by atoms with Crippen LogP contribution in [0.15, 0.2) is 0 Å². The lowest BCUT2D eigenvalue weighted by Crippen LogP contribution is -2.49. The van der Waals surface area contributed by atoms with E-state index in [0.717, 1.165) is 12.8 Å². The second-order valence-electron chi connectivity index (χ2n) is 4.15. The number of carbonyl (C=O) groups excluding carboxylic acids is 1. The van der Waals surface area contributed by atoms with Crippen molar-refractivity contribution in [1.29, 1.82) is 0 Å². The van der Waals surface area contributed by atoms with Gasteiger partial charge in [0.05, 0.1) is 12.0 Å². The van der Waals surface area contributed by atoms with E-state index in [1.807, 2.05) is 0 Å². The molecule has 0 radical (unpaired) electrons. The molecule has 84 valence electrons. The van der Waals surface area contributed by atoms with E-state index in [9.17, 15) is 4.79 Å². The van der Waals surface area contributed by atoms with Crippen LogP contribution in [-0.4, -0.2) is 23.7 Å². The van der Waals surface area contributed by atoms with Crippen LogP contribution in [0, 0.1) is 5.41 Å². The maximum absolute atomic E-state index is 11.5. The second-order valence-corrected chi connectivity index (χ2v) is 4.15. The van der Waals surface area contributed by atoms with Crippen molar-refractivity contribution in [1.82, 2.24) is 10.9 Å². The number of nitrogens with one attached hydrogen (secondary N) is 2. The Kier molecular flexibility index (Phi) is 5.72. The summed E-state index contributed by atoms with van der Waals surface area (Å²) in [6.45, 7) is 7.38. The molecule has 0 aromatic rings. The van der Waals surface area contributed by atoms with E-state index in [1.165, 1.54) is 0 Å². The highest BCUT2D eigenvalue weighted by atomic mass is 16.3. The molecule has 0 spiro atoms. The molecule has 0 bridgehead atoms. The molecule has 0 rings (SSSR count). The van der Waals surface area contributed by atoms with Crippen molar-refractivity contribution < 1.29 is 9.90 Å². The molecule has 1 amide bonds. The molecule has 0 aromatic heterocycles. The largest absolute Gasteiger partial charge is 0.395 e. The van der Waals surface area contributed by atoms with Gasteiger partial charge in [-0.15, -0.1) is 0 Å². The third-order valence-corrected chi connectivity index (χ3v) is 2.39. The van der Waals surface area contributed by atoms with E-state index in [-0.39, 0.29) is 12.5 Å². The highest BCUT2D eigenvalue weighted by molar-refractivity contribution is 5.81. The van der Waals surface area contributed by atoms with Crippen molar-refractivity contribution in [2.75, 3.05) is 6.61 Å². The molecule has 0 aliphatic carbocycles. The number of aliphatic hydroxyl groups is 1. The van der Waals surface area contributed by atoms with Crippen LogP contribution in [0.4, 0.5) is 0 Å². The molecule has 4 heteroatoms. The first-order valence-corrected chi connectivity index (χ1v) is 5.14. The van der Waals surface area contributed by atoms with E-state index in [2.05, 4.69) is 24.7 Å². The summed E-state index contributed by atoms with van der Waals surface area (Å²) in [5, 5.41) is 8.96. The predicted octanol–water partition coefficient (Wildman–Crippen LogP) is 0.814. The molecular formula is C10H22N2O2. The minimum atomic E-state index is -0.723. The van der Waals surface area contributed by atoms with Gasteiger partial charge in [0.2, 0.25) is 5.91 Å². The highest BCUT2D eigenvalue weighted by Crippen LogP contribution is 2.12. The monoisotopic (exact) mass is 202 g/mol. The van der Waals surface area contributed by atoms with E-state index >= 15 is 0 Å². The number of amides is 1. The van der Waals surface area contributed by atoms with Crippen molar-refractivity contribution in [3.8, 4) is 0 Å². The Morgan fingerprint density at radius 3 is 2.21 bits per heavy atom. The maximum atomic E-state index is 11.5. The molecule has 0 heterocycles. The fraction of sp³-hybridized carbons (Fsp3) is 0.900. The van der Waals surface area contributed by atoms with Crippen LogP contribution >= 0.6 is 0 Å². The van der Waals surface area contributed by atoms with Crippen molar-refractivity contribution in [2.45, 2.75) is 46.6 Å². The van der Waals surface area contributed by atoms with Gasteiger partial charge in [-0.1, -0.05) is 13.8 Å². The fourth-order valence-corrected chi connectivity index (χ4v) is 0.901. The first-order valence-electron chi connectivity index (χ1n) is 5.14. The number of hydrogen-bond donors (Lipinski definition) is 3. The van der Waals surface area contributed by atoms with Crippen molar-refractivity contribution in [2.24, 2.45) is 5.41 Å². The third kappa shape index (κ3) is 4.07. The maximum Gasteiger partial charge on any atom is 0.242 e. The zero-order valence-corrected chi connectivity index (χ0v) is 9.55. The van der Waals surface area contributed by atoms with Gasteiger partial charge in [0.15, 0.2) is 0 Å². The third-order valence-electron chi connectivity index (χ3n) is 2.39. The molecule has 0 aliphatic rings. The Labute approximate surface area is 86.0 Å². The van der Waals surface area contributed by atoms with Crippen molar-refractivity contribution in [3.63, 3.8) is 0 Å². The number of aliphatic hydroxyl groups excluding tert-OH is 1. The second kappa shape index (κ2) is 5.98. The fourth-order valence-electron chi connectivity index (χ4n) is 0.901. The first kappa shape index (κ1) is 13.4. The molecule has 0 saturated heterocycles. The number of rotatable bonds is 6. The lowest BCUT2D eigenvalue weighted by atomic mass is 9.94. The lowest BCUT2D eigenvalue weighted by Gasteiger charge is -2.23. The van der Waals surface area contributed by atoms with Gasteiger partial charge in [0.25, 0.3) is 0 Å². The van der Waals surface area contributed by atoms with E-state index in [1.54, 1.807) is 13.8 Å². The van der Waals surface area contributed by atoms with E-state index in [0.29, 0.717) is 6.04 Å². The van der Waals surface area contributed by atoms with Gasteiger partial charge >= 0.3 is 0 Å². The minimum absolute atomic E-state index is 0.149. The van der Waals surface area contributed by atoms with Crippen molar-refractivity contribution >= 4 is 5.91 Å². The first-order chi connectivity index (χ1) is 6.47. The summed E-state index contributed by atoms with van der Waals surface area (Å²) in [7, 11) is 0. The summed E-state index contributed by atoms with van der Waals surface area (Å²) in [4.78, 5) is 11.5. The Hall–Kier alpha value is -0.610. The Bertz CT molecular complexity index is 177. The van der Waals surface area contributed by atoms with Gasteiger partial charge < -0.3 is 5.11 Å². The minimum Gasteiger partial charge on any atom is -0.395 e. The number of carbonyl (C=O) groups is 1. The average Bonchev–Trinajstić information content (AvgIpc) is 2.19. The molecule has 4 nitrogen and oxygen atoms in total. The van der Waals surface area contributed by atoms with Gasteiger partial charge in [-0.2, -0.15) is 0 Å². The normalized spacial score (nSPS) is 11.9. The van der Waals surface area contributed by atoms with Crippen LogP contribution in [0.2, 0.25) is 0 Å². The number of hydrazine groups is 1. The van der Waals surface area contributed by atoms with Crippen LogP contribution in [0.1, 0.15) is 40.5 Å². The molecule has 14 heavy (non-hydrogen) atoms.